The zero-order valence-electron chi connectivity index (χ0n) is 13.9. The third kappa shape index (κ3) is 5.76. The largest absolute Gasteiger partial charge is 0.444 e. The molecule has 0 fully saturated rings. The third-order valence-corrected chi connectivity index (χ3v) is 3.13. The summed E-state index contributed by atoms with van der Waals surface area (Å²) < 4.78 is 5.28. The van der Waals surface area contributed by atoms with Crippen molar-refractivity contribution in [3.8, 4) is 0 Å². The summed E-state index contributed by atoms with van der Waals surface area (Å²) in [6.07, 6.45) is 1.65. The number of aryl methyl sites for hydroxylation is 2. The van der Waals surface area contributed by atoms with E-state index in [1.54, 1.807) is 0 Å². The van der Waals surface area contributed by atoms with Gasteiger partial charge in [0.2, 0.25) is 0 Å². The van der Waals surface area contributed by atoms with E-state index < -0.39 is 11.7 Å². The summed E-state index contributed by atoms with van der Waals surface area (Å²) in [6.45, 7) is 10.7. The first-order chi connectivity index (χ1) is 9.76. The molecule has 21 heavy (non-hydrogen) atoms. The van der Waals surface area contributed by atoms with Crippen LogP contribution in [0.3, 0.4) is 0 Å². The molecule has 1 rings (SSSR count). The van der Waals surface area contributed by atoms with Crippen LogP contribution in [0, 0.1) is 6.92 Å². The highest BCUT2D eigenvalue weighted by Gasteiger charge is 2.17. The topological polar surface area (TPSA) is 64.3 Å². The lowest BCUT2D eigenvalue weighted by atomic mass is 9.95. The molecule has 0 spiro atoms. The average molecular weight is 292 g/mol. The van der Waals surface area contributed by atoms with Gasteiger partial charge in [0, 0.05) is 13.1 Å². The van der Waals surface area contributed by atoms with Crippen LogP contribution in [0.1, 0.15) is 56.4 Å². The van der Waals surface area contributed by atoms with E-state index in [-0.39, 0.29) is 0 Å². The Balaban J connectivity index is 2.88. The zero-order valence-corrected chi connectivity index (χ0v) is 13.9. The lowest BCUT2D eigenvalue weighted by Crippen LogP contribution is -2.32. The van der Waals surface area contributed by atoms with Gasteiger partial charge in [-0.15, -0.1) is 0 Å². The van der Waals surface area contributed by atoms with Gasteiger partial charge in [-0.05, 0) is 50.8 Å². The molecule has 0 saturated carbocycles. The van der Waals surface area contributed by atoms with Crippen molar-refractivity contribution < 1.29 is 9.53 Å². The predicted molar refractivity (Wildman–Crippen MR) is 86.1 cm³/mol. The van der Waals surface area contributed by atoms with E-state index in [1.165, 1.54) is 11.1 Å². The molecule has 0 saturated heterocycles. The first-order valence-corrected chi connectivity index (χ1v) is 7.55. The molecule has 0 heterocycles. The lowest BCUT2D eigenvalue weighted by molar-refractivity contribution is 0.0523. The summed E-state index contributed by atoms with van der Waals surface area (Å²) in [7, 11) is 0. The summed E-state index contributed by atoms with van der Waals surface area (Å²) in [6, 6.07) is 4.26. The number of hydrogen-bond donors (Lipinski definition) is 2. The van der Waals surface area contributed by atoms with E-state index in [4.69, 9.17) is 10.5 Å². The minimum atomic E-state index is -0.486. The van der Waals surface area contributed by atoms with Gasteiger partial charge < -0.3 is 15.8 Å². The Labute approximate surface area is 128 Å². The Hall–Kier alpha value is -1.55. The number of amides is 1. The molecule has 0 aliphatic rings. The zero-order chi connectivity index (χ0) is 16.0. The van der Waals surface area contributed by atoms with Crippen molar-refractivity contribution in [2.75, 3.05) is 0 Å². The smallest absolute Gasteiger partial charge is 0.407 e. The molecule has 118 valence electrons. The van der Waals surface area contributed by atoms with E-state index >= 15 is 0 Å². The fourth-order valence-electron chi connectivity index (χ4n) is 2.35. The molecule has 1 amide bonds. The van der Waals surface area contributed by atoms with Crippen LogP contribution in [0.25, 0.3) is 0 Å². The van der Waals surface area contributed by atoms with Gasteiger partial charge in [0.25, 0.3) is 0 Å². The van der Waals surface area contributed by atoms with Crippen LogP contribution < -0.4 is 11.1 Å². The minimum absolute atomic E-state index is 0.395. The third-order valence-electron chi connectivity index (χ3n) is 3.13. The van der Waals surface area contributed by atoms with Crippen molar-refractivity contribution >= 4 is 6.09 Å². The number of nitrogens with two attached hydrogens (primary N) is 1. The summed E-state index contributed by atoms with van der Waals surface area (Å²) in [5.41, 5.74) is 10.0. The van der Waals surface area contributed by atoms with E-state index in [2.05, 4.69) is 31.3 Å². The standard InChI is InChI=1S/C17H28N2O2/c1-6-7-13-8-12(2)9-14(10-18)15(13)11-19-16(20)21-17(3,4)5/h8-9H,6-7,10-11,18H2,1-5H3,(H,19,20). The first kappa shape index (κ1) is 17.5. The summed E-state index contributed by atoms with van der Waals surface area (Å²) in [5.74, 6) is 0. The highest BCUT2D eigenvalue weighted by molar-refractivity contribution is 5.67. The Bertz CT molecular complexity index is 490. The SMILES string of the molecule is CCCc1cc(C)cc(CN)c1CNC(=O)OC(C)(C)C. The van der Waals surface area contributed by atoms with Crippen LogP contribution in [0.15, 0.2) is 12.1 Å². The number of nitrogens with one attached hydrogen (secondary N) is 1. The average Bonchev–Trinajstić information content (AvgIpc) is 2.35. The quantitative estimate of drug-likeness (QED) is 0.874. The number of hydrogen-bond acceptors (Lipinski definition) is 3. The maximum Gasteiger partial charge on any atom is 0.407 e. The van der Waals surface area contributed by atoms with Crippen LogP contribution in [0.2, 0.25) is 0 Å². The van der Waals surface area contributed by atoms with Gasteiger partial charge in [0.1, 0.15) is 5.60 Å². The normalized spacial score (nSPS) is 11.3. The molecule has 0 bridgehead atoms. The van der Waals surface area contributed by atoms with Gasteiger partial charge in [-0.3, -0.25) is 0 Å². The second kappa shape index (κ2) is 7.46. The van der Waals surface area contributed by atoms with Crippen LogP contribution in [0.5, 0.6) is 0 Å². The van der Waals surface area contributed by atoms with Gasteiger partial charge in [0.05, 0.1) is 0 Å². The monoisotopic (exact) mass is 292 g/mol. The van der Waals surface area contributed by atoms with Crippen molar-refractivity contribution in [3.63, 3.8) is 0 Å². The van der Waals surface area contributed by atoms with Gasteiger partial charge in [-0.1, -0.05) is 31.0 Å². The second-order valence-electron chi connectivity index (χ2n) is 6.37. The highest BCUT2D eigenvalue weighted by atomic mass is 16.6. The lowest BCUT2D eigenvalue weighted by Gasteiger charge is -2.21. The maximum absolute atomic E-state index is 11.8. The maximum atomic E-state index is 11.8. The molecule has 0 aliphatic carbocycles. The predicted octanol–water partition coefficient (Wildman–Crippen LogP) is 3.43. The number of benzene rings is 1. The van der Waals surface area contributed by atoms with E-state index in [9.17, 15) is 4.79 Å². The van der Waals surface area contributed by atoms with E-state index in [0.717, 1.165) is 24.0 Å². The first-order valence-electron chi connectivity index (χ1n) is 7.55. The molecule has 1 aromatic rings. The van der Waals surface area contributed by atoms with Crippen LogP contribution in [0.4, 0.5) is 4.79 Å². The summed E-state index contributed by atoms with van der Waals surface area (Å²) in [5, 5.41) is 2.83. The Morgan fingerprint density at radius 2 is 1.90 bits per heavy atom. The van der Waals surface area contributed by atoms with Gasteiger partial charge in [-0.25, -0.2) is 4.79 Å². The molecule has 4 heteroatoms. The molecular formula is C17H28N2O2. The molecule has 0 aromatic heterocycles. The van der Waals surface area contributed by atoms with Gasteiger partial charge in [0.15, 0.2) is 0 Å². The van der Waals surface area contributed by atoms with Crippen molar-refractivity contribution in [2.45, 2.75) is 66.2 Å². The fourth-order valence-corrected chi connectivity index (χ4v) is 2.35. The molecule has 4 nitrogen and oxygen atoms in total. The van der Waals surface area contributed by atoms with Crippen molar-refractivity contribution in [1.29, 1.82) is 0 Å². The number of carbonyl (C=O) groups is 1. The minimum Gasteiger partial charge on any atom is -0.444 e. The Kier molecular flexibility index (Phi) is 6.21. The molecule has 0 aliphatic heterocycles. The number of alkyl carbamates (subject to hydrolysis) is 1. The van der Waals surface area contributed by atoms with Crippen LogP contribution >= 0.6 is 0 Å². The highest BCUT2D eigenvalue weighted by Crippen LogP contribution is 2.19. The van der Waals surface area contributed by atoms with Crippen molar-refractivity contribution in [1.82, 2.24) is 5.32 Å². The molecule has 1 aromatic carbocycles. The Morgan fingerprint density at radius 1 is 1.29 bits per heavy atom. The number of ether oxygens (including phenoxy) is 1. The summed E-state index contributed by atoms with van der Waals surface area (Å²) >= 11 is 0. The Morgan fingerprint density at radius 3 is 2.43 bits per heavy atom. The van der Waals surface area contributed by atoms with E-state index in [0.29, 0.717) is 13.1 Å². The molecule has 0 unspecified atom stereocenters. The van der Waals surface area contributed by atoms with Gasteiger partial charge >= 0.3 is 6.09 Å². The van der Waals surface area contributed by atoms with Gasteiger partial charge in [-0.2, -0.15) is 0 Å². The summed E-state index contributed by atoms with van der Waals surface area (Å²) in [4.78, 5) is 11.8. The molecule has 0 atom stereocenters. The molecular weight excluding hydrogens is 264 g/mol. The second-order valence-corrected chi connectivity index (χ2v) is 6.37. The fraction of sp³-hybridized carbons (Fsp3) is 0.588. The number of rotatable bonds is 5. The molecule has 0 radical (unpaired) electrons. The molecule has 3 N–H and O–H groups in total. The van der Waals surface area contributed by atoms with E-state index in [1.807, 2.05) is 20.8 Å². The van der Waals surface area contributed by atoms with Crippen LogP contribution in [-0.2, 0) is 24.2 Å². The van der Waals surface area contributed by atoms with Crippen molar-refractivity contribution in [3.05, 3.63) is 34.4 Å². The van der Waals surface area contributed by atoms with Crippen molar-refractivity contribution in [2.24, 2.45) is 5.73 Å². The van der Waals surface area contributed by atoms with Crippen LogP contribution in [-0.4, -0.2) is 11.7 Å². The number of carbonyl (C=O) groups excluding carboxylic acids is 1.